The fraction of sp³-hybridized carbons (Fsp3) is 0.286. The Morgan fingerprint density at radius 2 is 1.84 bits per heavy atom. The molecule has 5 heteroatoms. The minimum atomic E-state index is -1.12. The maximum atomic E-state index is 13.3. The highest BCUT2D eigenvalue weighted by Crippen LogP contribution is 2.07. The number of halogens is 1. The first-order valence-corrected chi connectivity index (χ1v) is 5.86. The largest absolute Gasteiger partial charge is 0.478 e. The first-order chi connectivity index (χ1) is 8.93. The lowest BCUT2D eigenvalue weighted by atomic mass is 10.1. The molecule has 19 heavy (non-hydrogen) atoms. The number of carbonyl (C=O) groups is 2. The van der Waals surface area contributed by atoms with Crippen LogP contribution in [0.4, 0.5) is 4.39 Å². The summed E-state index contributed by atoms with van der Waals surface area (Å²) in [6, 6.07) is 6.32. The number of carboxylic acid groups (broad SMARTS) is 1. The maximum absolute atomic E-state index is 13.3. The summed E-state index contributed by atoms with van der Waals surface area (Å²) in [6.07, 6.45) is 0.359. The second-order valence-corrected chi connectivity index (χ2v) is 4.15. The molecule has 0 atom stereocenters. The Morgan fingerprint density at radius 1 is 1.21 bits per heavy atom. The van der Waals surface area contributed by atoms with Gasteiger partial charge < -0.3 is 10.4 Å². The van der Waals surface area contributed by atoms with Crippen LogP contribution in [0.5, 0.6) is 0 Å². The minimum absolute atomic E-state index is 0.00314. The Labute approximate surface area is 110 Å². The van der Waals surface area contributed by atoms with Crippen molar-refractivity contribution < 1.29 is 19.1 Å². The highest BCUT2D eigenvalue weighted by Gasteiger charge is 2.12. The summed E-state index contributed by atoms with van der Waals surface area (Å²) in [5.41, 5.74) is 0.670. The molecule has 0 spiro atoms. The van der Waals surface area contributed by atoms with Gasteiger partial charge in [-0.2, -0.15) is 0 Å². The molecule has 0 saturated heterocycles. The Hall–Kier alpha value is -2.17. The van der Waals surface area contributed by atoms with Crippen molar-refractivity contribution in [1.82, 2.24) is 5.32 Å². The molecule has 0 unspecified atom stereocenters. The number of carbonyl (C=O) groups excluding carboxylic acids is 1. The number of benzene rings is 1. The average molecular weight is 265 g/mol. The van der Waals surface area contributed by atoms with E-state index in [1.165, 1.54) is 19.9 Å². The number of rotatable bonds is 5. The number of hydrogen-bond acceptors (Lipinski definition) is 2. The van der Waals surface area contributed by atoms with E-state index in [9.17, 15) is 14.0 Å². The molecular formula is C14H16FNO3. The fourth-order valence-corrected chi connectivity index (χ4v) is 1.48. The molecule has 4 nitrogen and oxygen atoms in total. The lowest BCUT2D eigenvalue weighted by Gasteiger charge is -2.07. The maximum Gasteiger partial charge on any atom is 0.331 e. The zero-order valence-electron chi connectivity index (χ0n) is 10.9. The fourth-order valence-electron chi connectivity index (χ4n) is 1.48. The summed E-state index contributed by atoms with van der Waals surface area (Å²) in [5.74, 6) is -1.89. The minimum Gasteiger partial charge on any atom is -0.478 e. The van der Waals surface area contributed by atoms with Crippen LogP contribution in [0, 0.1) is 5.82 Å². The van der Waals surface area contributed by atoms with Gasteiger partial charge >= 0.3 is 5.97 Å². The van der Waals surface area contributed by atoms with Gasteiger partial charge in [0.1, 0.15) is 5.82 Å². The molecule has 0 aliphatic carbocycles. The molecule has 0 aliphatic heterocycles. The van der Waals surface area contributed by atoms with E-state index in [0.717, 1.165) is 0 Å². The third kappa shape index (κ3) is 4.21. The van der Waals surface area contributed by atoms with Crippen molar-refractivity contribution in [2.75, 3.05) is 6.54 Å². The molecule has 0 heterocycles. The van der Waals surface area contributed by atoms with E-state index >= 15 is 0 Å². The van der Waals surface area contributed by atoms with Crippen molar-refractivity contribution in [1.29, 1.82) is 0 Å². The van der Waals surface area contributed by atoms with Gasteiger partial charge in [0, 0.05) is 17.7 Å². The van der Waals surface area contributed by atoms with Crippen LogP contribution >= 0.6 is 0 Å². The monoisotopic (exact) mass is 265 g/mol. The second-order valence-electron chi connectivity index (χ2n) is 4.15. The van der Waals surface area contributed by atoms with Crippen LogP contribution in [0.2, 0.25) is 0 Å². The summed E-state index contributed by atoms with van der Waals surface area (Å²) in [7, 11) is 0. The Morgan fingerprint density at radius 3 is 2.42 bits per heavy atom. The molecule has 1 rings (SSSR count). The third-order valence-corrected chi connectivity index (χ3v) is 2.86. The zero-order valence-corrected chi connectivity index (χ0v) is 10.9. The number of carboxylic acids is 1. The van der Waals surface area contributed by atoms with Gasteiger partial charge in [-0.1, -0.05) is 18.2 Å². The lowest BCUT2D eigenvalue weighted by Crippen LogP contribution is -2.27. The van der Waals surface area contributed by atoms with Crippen LogP contribution in [-0.2, 0) is 16.0 Å². The molecule has 102 valence electrons. The van der Waals surface area contributed by atoms with Crippen LogP contribution in [-0.4, -0.2) is 23.5 Å². The van der Waals surface area contributed by atoms with E-state index in [4.69, 9.17) is 5.11 Å². The van der Waals surface area contributed by atoms with Gasteiger partial charge in [-0.25, -0.2) is 9.18 Å². The van der Waals surface area contributed by atoms with Crippen molar-refractivity contribution >= 4 is 11.9 Å². The lowest BCUT2D eigenvalue weighted by molar-refractivity contribution is -0.133. The first kappa shape index (κ1) is 14.9. The highest BCUT2D eigenvalue weighted by molar-refractivity contribution is 6.01. The summed E-state index contributed by atoms with van der Waals surface area (Å²) in [5, 5.41) is 11.3. The molecule has 0 saturated carbocycles. The smallest absolute Gasteiger partial charge is 0.331 e. The standard InChI is InChI=1S/C14H16FNO3/c1-9(10(2)14(18)19)13(17)16-8-7-11-5-3-4-6-12(11)15/h3-6H,7-8H2,1-2H3,(H,16,17)(H,18,19). The first-order valence-electron chi connectivity index (χ1n) is 5.86. The Kier molecular flexibility index (Phi) is 5.23. The Bertz CT molecular complexity index is 523. The summed E-state index contributed by atoms with van der Waals surface area (Å²) < 4.78 is 13.3. The Balaban J connectivity index is 2.55. The molecule has 0 bridgehead atoms. The molecule has 2 N–H and O–H groups in total. The van der Waals surface area contributed by atoms with Crippen LogP contribution in [0.1, 0.15) is 19.4 Å². The highest BCUT2D eigenvalue weighted by atomic mass is 19.1. The topological polar surface area (TPSA) is 66.4 Å². The molecular weight excluding hydrogens is 249 g/mol. The van der Waals surface area contributed by atoms with Crippen molar-refractivity contribution in [2.45, 2.75) is 20.3 Å². The van der Waals surface area contributed by atoms with Crippen molar-refractivity contribution in [3.05, 3.63) is 46.8 Å². The molecule has 0 fully saturated rings. The van der Waals surface area contributed by atoms with E-state index in [1.54, 1.807) is 18.2 Å². The summed E-state index contributed by atoms with van der Waals surface area (Å²) in [6.45, 7) is 3.07. The normalized spacial score (nSPS) is 11.7. The predicted octanol–water partition coefficient (Wildman–Crippen LogP) is 1.91. The number of hydrogen-bond donors (Lipinski definition) is 2. The van der Waals surface area contributed by atoms with Crippen molar-refractivity contribution in [2.24, 2.45) is 0 Å². The zero-order chi connectivity index (χ0) is 14.4. The molecule has 1 aromatic carbocycles. The van der Waals surface area contributed by atoms with E-state index < -0.39 is 11.9 Å². The molecule has 0 aromatic heterocycles. The summed E-state index contributed by atoms with van der Waals surface area (Å²) >= 11 is 0. The van der Waals surface area contributed by atoms with Gasteiger partial charge in [0.25, 0.3) is 0 Å². The summed E-state index contributed by atoms with van der Waals surface area (Å²) in [4.78, 5) is 22.3. The van der Waals surface area contributed by atoms with Crippen molar-refractivity contribution in [3.63, 3.8) is 0 Å². The molecule has 1 amide bonds. The van der Waals surface area contributed by atoms with Crippen LogP contribution in [0.25, 0.3) is 0 Å². The molecule has 0 aliphatic rings. The van der Waals surface area contributed by atoms with E-state index in [0.29, 0.717) is 12.0 Å². The average Bonchev–Trinajstić information content (AvgIpc) is 2.38. The number of nitrogens with one attached hydrogen (secondary N) is 1. The molecule has 0 radical (unpaired) electrons. The number of amides is 1. The third-order valence-electron chi connectivity index (χ3n) is 2.86. The van der Waals surface area contributed by atoms with Gasteiger partial charge in [-0.15, -0.1) is 0 Å². The predicted molar refractivity (Wildman–Crippen MR) is 69.1 cm³/mol. The van der Waals surface area contributed by atoms with E-state index in [2.05, 4.69) is 5.32 Å². The van der Waals surface area contributed by atoms with Gasteiger partial charge in [0.05, 0.1) is 0 Å². The second kappa shape index (κ2) is 6.68. The van der Waals surface area contributed by atoms with Gasteiger partial charge in [0.15, 0.2) is 0 Å². The van der Waals surface area contributed by atoms with Crippen LogP contribution in [0.3, 0.4) is 0 Å². The van der Waals surface area contributed by atoms with Crippen molar-refractivity contribution in [3.8, 4) is 0 Å². The van der Waals surface area contributed by atoms with Gasteiger partial charge in [-0.05, 0) is 31.9 Å². The quantitative estimate of drug-likeness (QED) is 0.799. The van der Waals surface area contributed by atoms with Crippen LogP contribution in [0.15, 0.2) is 35.4 Å². The number of aliphatic carboxylic acids is 1. The molecule has 1 aromatic rings. The van der Waals surface area contributed by atoms with Gasteiger partial charge in [0.2, 0.25) is 5.91 Å². The SMILES string of the molecule is CC(C(=O)O)=C(C)C(=O)NCCc1ccccc1F. The van der Waals surface area contributed by atoms with E-state index in [-0.39, 0.29) is 23.5 Å². The van der Waals surface area contributed by atoms with Crippen LogP contribution < -0.4 is 5.32 Å². The van der Waals surface area contributed by atoms with Gasteiger partial charge in [-0.3, -0.25) is 4.79 Å². The van der Waals surface area contributed by atoms with E-state index in [1.807, 2.05) is 0 Å².